The molecule has 0 aliphatic heterocycles. The lowest BCUT2D eigenvalue weighted by atomic mass is 10.3. The molecule has 2 rings (SSSR count). The van der Waals surface area contributed by atoms with Crippen LogP contribution in [0, 0.1) is 0 Å². The maximum Gasteiger partial charge on any atom is 0.300 e. The third-order valence-electron chi connectivity index (χ3n) is 2.56. The zero-order chi connectivity index (χ0) is 14.6. The molecule has 0 saturated carbocycles. The Balaban J connectivity index is 2.23. The molecule has 20 heavy (non-hydrogen) atoms. The maximum atomic E-state index is 11.8. The largest absolute Gasteiger partial charge is 0.399 e. The first-order chi connectivity index (χ1) is 9.52. The van der Waals surface area contributed by atoms with E-state index in [9.17, 15) is 8.42 Å². The van der Waals surface area contributed by atoms with Crippen molar-refractivity contribution in [3.05, 3.63) is 36.5 Å². The van der Waals surface area contributed by atoms with Crippen molar-refractivity contribution >= 4 is 21.7 Å². The smallest absolute Gasteiger partial charge is 0.300 e. The number of hydrogen-bond acceptors (Lipinski definition) is 4. The summed E-state index contributed by atoms with van der Waals surface area (Å²) in [6, 6.07) is 8.57. The first kappa shape index (κ1) is 14.4. The fraction of sp³-hybridized carbons (Fsp3) is 0.250. The van der Waals surface area contributed by atoms with Crippen LogP contribution in [0.4, 0.5) is 11.5 Å². The van der Waals surface area contributed by atoms with Crippen LogP contribution in [0.3, 0.4) is 0 Å². The summed E-state index contributed by atoms with van der Waals surface area (Å²) in [6.45, 7) is 2.27. The van der Waals surface area contributed by atoms with Crippen LogP contribution in [0.15, 0.2) is 36.5 Å². The Bertz CT molecular complexity index is 663. The van der Waals surface area contributed by atoms with Crippen molar-refractivity contribution in [2.24, 2.45) is 0 Å². The summed E-state index contributed by atoms with van der Waals surface area (Å²) in [5.74, 6) is 0.360. The van der Waals surface area contributed by atoms with E-state index >= 15 is 0 Å². The molecule has 1 aromatic heterocycles. The Morgan fingerprint density at radius 2 is 1.95 bits per heavy atom. The number of nitrogen functional groups attached to an aromatic ring is 1. The molecule has 0 aliphatic carbocycles. The van der Waals surface area contributed by atoms with Gasteiger partial charge in [0.25, 0.3) is 10.2 Å². The maximum absolute atomic E-state index is 11.8. The van der Waals surface area contributed by atoms with Crippen molar-refractivity contribution in [3.8, 4) is 5.69 Å². The van der Waals surface area contributed by atoms with E-state index in [1.165, 1.54) is 10.9 Å². The molecule has 0 fully saturated rings. The highest BCUT2D eigenvalue weighted by molar-refractivity contribution is 7.90. The summed E-state index contributed by atoms with van der Waals surface area (Å²) in [6.07, 6.45) is 2.24. The second-order valence-electron chi connectivity index (χ2n) is 4.22. The lowest BCUT2D eigenvalue weighted by molar-refractivity contribution is 0.586. The Morgan fingerprint density at radius 1 is 1.25 bits per heavy atom. The standard InChI is InChI=1S/C12H17N5O2S/c1-2-8-15-20(18,19)16-12-7-9-14-17(12)11-5-3-10(13)4-6-11/h3-7,9,15-16H,2,8,13H2,1H3. The van der Waals surface area contributed by atoms with E-state index in [1.807, 2.05) is 6.92 Å². The van der Waals surface area contributed by atoms with Crippen LogP contribution in [0.2, 0.25) is 0 Å². The fourth-order valence-electron chi connectivity index (χ4n) is 1.61. The van der Waals surface area contributed by atoms with Gasteiger partial charge >= 0.3 is 0 Å². The highest BCUT2D eigenvalue weighted by Crippen LogP contribution is 2.16. The number of nitrogens with zero attached hydrogens (tertiary/aromatic N) is 2. The van der Waals surface area contributed by atoms with E-state index < -0.39 is 10.2 Å². The summed E-state index contributed by atoms with van der Waals surface area (Å²) in [7, 11) is -3.59. The zero-order valence-electron chi connectivity index (χ0n) is 11.1. The molecule has 1 aromatic carbocycles. The second kappa shape index (κ2) is 5.93. The second-order valence-corrected chi connectivity index (χ2v) is 5.72. The van der Waals surface area contributed by atoms with E-state index in [0.717, 1.165) is 12.1 Å². The normalized spacial score (nSPS) is 11.4. The van der Waals surface area contributed by atoms with Gasteiger partial charge in [-0.05, 0) is 30.7 Å². The molecular formula is C12H17N5O2S. The van der Waals surface area contributed by atoms with Crippen molar-refractivity contribution in [2.75, 3.05) is 17.0 Å². The SMILES string of the molecule is CCCNS(=O)(=O)Nc1ccnn1-c1ccc(N)cc1. The number of nitrogens with one attached hydrogen (secondary N) is 2. The van der Waals surface area contributed by atoms with Crippen LogP contribution < -0.4 is 15.2 Å². The van der Waals surface area contributed by atoms with E-state index in [4.69, 9.17) is 5.73 Å². The van der Waals surface area contributed by atoms with Crippen molar-refractivity contribution in [1.82, 2.24) is 14.5 Å². The van der Waals surface area contributed by atoms with Crippen molar-refractivity contribution in [2.45, 2.75) is 13.3 Å². The molecule has 0 atom stereocenters. The van der Waals surface area contributed by atoms with Gasteiger partial charge in [0.1, 0.15) is 5.82 Å². The number of nitrogens with two attached hydrogens (primary N) is 1. The molecule has 1 heterocycles. The van der Waals surface area contributed by atoms with Crippen molar-refractivity contribution in [3.63, 3.8) is 0 Å². The van der Waals surface area contributed by atoms with Crippen LogP contribution in [0.5, 0.6) is 0 Å². The third-order valence-corrected chi connectivity index (χ3v) is 3.62. The number of hydrogen-bond donors (Lipinski definition) is 3. The molecule has 0 amide bonds. The molecule has 4 N–H and O–H groups in total. The third kappa shape index (κ3) is 3.49. The summed E-state index contributed by atoms with van der Waals surface area (Å²) in [5.41, 5.74) is 6.98. The van der Waals surface area contributed by atoms with Crippen LogP contribution >= 0.6 is 0 Å². The van der Waals surface area contributed by atoms with Gasteiger partial charge in [0.15, 0.2) is 0 Å². The summed E-state index contributed by atoms with van der Waals surface area (Å²) >= 11 is 0. The van der Waals surface area contributed by atoms with Gasteiger partial charge in [0, 0.05) is 18.3 Å². The summed E-state index contributed by atoms with van der Waals surface area (Å²) in [4.78, 5) is 0. The highest BCUT2D eigenvalue weighted by Gasteiger charge is 2.12. The van der Waals surface area contributed by atoms with Crippen LogP contribution in [-0.2, 0) is 10.2 Å². The lowest BCUT2D eigenvalue weighted by Gasteiger charge is -2.11. The van der Waals surface area contributed by atoms with Crippen molar-refractivity contribution < 1.29 is 8.42 Å². The number of rotatable bonds is 6. The van der Waals surface area contributed by atoms with Gasteiger partial charge < -0.3 is 5.73 Å². The van der Waals surface area contributed by atoms with Crippen LogP contribution in [0.1, 0.15) is 13.3 Å². The number of aromatic nitrogens is 2. The molecule has 0 bridgehead atoms. The first-order valence-corrected chi connectivity index (χ1v) is 7.67. The summed E-state index contributed by atoms with van der Waals surface area (Å²) < 4.78 is 30.0. The Labute approximate surface area is 118 Å². The average Bonchev–Trinajstić information content (AvgIpc) is 2.85. The molecule has 0 aliphatic rings. The average molecular weight is 295 g/mol. The zero-order valence-corrected chi connectivity index (χ0v) is 11.9. The lowest BCUT2D eigenvalue weighted by Crippen LogP contribution is -2.31. The molecule has 108 valence electrons. The molecule has 0 unspecified atom stereocenters. The van der Waals surface area contributed by atoms with Gasteiger partial charge in [0.05, 0.1) is 11.9 Å². The quantitative estimate of drug-likeness (QED) is 0.695. The first-order valence-electron chi connectivity index (χ1n) is 6.19. The number of anilines is 2. The minimum Gasteiger partial charge on any atom is -0.399 e. The van der Waals surface area contributed by atoms with Gasteiger partial charge in [-0.1, -0.05) is 6.92 Å². The molecular weight excluding hydrogens is 278 g/mol. The Hall–Kier alpha value is -2.06. The highest BCUT2D eigenvalue weighted by atomic mass is 32.2. The summed E-state index contributed by atoms with van der Waals surface area (Å²) in [5, 5.41) is 4.10. The monoisotopic (exact) mass is 295 g/mol. The van der Waals surface area contributed by atoms with Gasteiger partial charge in [-0.3, -0.25) is 4.72 Å². The predicted octanol–water partition coefficient (Wildman–Crippen LogP) is 1.11. The predicted molar refractivity (Wildman–Crippen MR) is 78.8 cm³/mol. The van der Waals surface area contributed by atoms with Gasteiger partial charge in [-0.15, -0.1) is 0 Å². The molecule has 2 aromatic rings. The molecule has 8 heteroatoms. The number of benzene rings is 1. The Morgan fingerprint density at radius 3 is 2.60 bits per heavy atom. The van der Waals surface area contributed by atoms with Gasteiger partial charge in [0.2, 0.25) is 0 Å². The van der Waals surface area contributed by atoms with Gasteiger partial charge in [-0.2, -0.15) is 18.2 Å². The van der Waals surface area contributed by atoms with Crippen molar-refractivity contribution in [1.29, 1.82) is 0 Å². The van der Waals surface area contributed by atoms with E-state index in [2.05, 4.69) is 14.5 Å². The van der Waals surface area contributed by atoms with E-state index in [1.54, 1.807) is 30.3 Å². The van der Waals surface area contributed by atoms with Crippen LogP contribution in [-0.4, -0.2) is 24.7 Å². The Kier molecular flexibility index (Phi) is 4.26. The van der Waals surface area contributed by atoms with Gasteiger partial charge in [-0.25, -0.2) is 4.68 Å². The minimum atomic E-state index is -3.59. The molecule has 0 spiro atoms. The van der Waals surface area contributed by atoms with E-state index in [-0.39, 0.29) is 0 Å². The minimum absolute atomic E-state index is 0.360. The molecule has 0 radical (unpaired) electrons. The van der Waals surface area contributed by atoms with E-state index in [0.29, 0.717) is 18.1 Å². The molecule has 0 saturated heterocycles. The topological polar surface area (TPSA) is 102 Å². The van der Waals surface area contributed by atoms with Crippen LogP contribution in [0.25, 0.3) is 5.69 Å². The molecule has 7 nitrogen and oxygen atoms in total. The fourth-order valence-corrected chi connectivity index (χ4v) is 2.59.